The number of alkyl halides is 1. The molecule has 0 saturated carbocycles. The first kappa shape index (κ1) is 11.1. The summed E-state index contributed by atoms with van der Waals surface area (Å²) in [5.41, 5.74) is 2.06. The summed E-state index contributed by atoms with van der Waals surface area (Å²) in [6.07, 6.45) is 0. The Bertz CT molecular complexity index is 292. The van der Waals surface area contributed by atoms with Gasteiger partial charge in [-0.05, 0) is 11.8 Å². The zero-order valence-electron chi connectivity index (χ0n) is 9.29. The number of aromatic nitrogens is 3. The van der Waals surface area contributed by atoms with Crippen molar-refractivity contribution in [3.05, 3.63) is 11.4 Å². The van der Waals surface area contributed by atoms with E-state index in [1.54, 1.807) is 4.68 Å². The highest BCUT2D eigenvalue weighted by atomic mass is 19.1. The zero-order chi connectivity index (χ0) is 10.7. The predicted molar refractivity (Wildman–Crippen MR) is 54.2 cm³/mol. The summed E-state index contributed by atoms with van der Waals surface area (Å²) < 4.78 is 13.9. The second kappa shape index (κ2) is 4.53. The van der Waals surface area contributed by atoms with Crippen LogP contribution in [-0.4, -0.2) is 21.7 Å². The summed E-state index contributed by atoms with van der Waals surface area (Å²) >= 11 is 0. The average Bonchev–Trinajstić information content (AvgIpc) is 2.48. The van der Waals surface area contributed by atoms with E-state index in [9.17, 15) is 4.39 Å². The fraction of sp³-hybridized carbons (Fsp3) is 0.800. The molecular weight excluding hydrogens is 181 g/mol. The van der Waals surface area contributed by atoms with E-state index < -0.39 is 0 Å². The molecule has 0 aromatic carbocycles. The van der Waals surface area contributed by atoms with E-state index in [0.29, 0.717) is 18.4 Å². The first-order valence-corrected chi connectivity index (χ1v) is 5.07. The van der Waals surface area contributed by atoms with Gasteiger partial charge in [0.1, 0.15) is 6.67 Å². The molecule has 0 fully saturated rings. The van der Waals surface area contributed by atoms with Crippen LogP contribution >= 0.6 is 0 Å². The minimum atomic E-state index is -0.388. The molecule has 0 unspecified atom stereocenters. The van der Waals surface area contributed by atoms with Gasteiger partial charge in [0, 0.05) is 0 Å². The van der Waals surface area contributed by atoms with Crippen molar-refractivity contribution >= 4 is 0 Å². The van der Waals surface area contributed by atoms with Gasteiger partial charge in [-0.2, -0.15) is 0 Å². The Kier molecular flexibility index (Phi) is 3.61. The maximum absolute atomic E-state index is 12.2. The van der Waals surface area contributed by atoms with Gasteiger partial charge >= 0.3 is 0 Å². The highest BCUT2D eigenvalue weighted by molar-refractivity contribution is 5.17. The molecule has 1 rings (SSSR count). The first-order chi connectivity index (χ1) is 6.57. The molecule has 1 aromatic rings. The van der Waals surface area contributed by atoms with Gasteiger partial charge in [-0.25, -0.2) is 9.07 Å². The van der Waals surface area contributed by atoms with Gasteiger partial charge in [0.05, 0.1) is 17.9 Å². The van der Waals surface area contributed by atoms with E-state index in [1.807, 2.05) is 0 Å². The maximum Gasteiger partial charge on any atom is 0.109 e. The van der Waals surface area contributed by atoms with Crippen LogP contribution in [0.25, 0.3) is 0 Å². The number of halogens is 1. The van der Waals surface area contributed by atoms with Crippen LogP contribution in [-0.2, 0) is 6.54 Å². The van der Waals surface area contributed by atoms with Gasteiger partial charge in [0.25, 0.3) is 0 Å². The third-order valence-corrected chi connectivity index (χ3v) is 2.19. The van der Waals surface area contributed by atoms with Crippen LogP contribution in [0.1, 0.15) is 50.9 Å². The molecule has 0 amide bonds. The first-order valence-electron chi connectivity index (χ1n) is 5.07. The van der Waals surface area contributed by atoms with E-state index in [0.717, 1.165) is 11.4 Å². The van der Waals surface area contributed by atoms with Gasteiger partial charge in [0.15, 0.2) is 0 Å². The molecular formula is C10H18FN3. The Morgan fingerprint density at radius 1 is 1.21 bits per heavy atom. The highest BCUT2D eigenvalue weighted by Crippen LogP contribution is 2.23. The fourth-order valence-corrected chi connectivity index (χ4v) is 1.58. The Morgan fingerprint density at radius 2 is 1.86 bits per heavy atom. The molecule has 1 aromatic heterocycles. The molecule has 0 radical (unpaired) electrons. The normalized spacial score (nSPS) is 11.6. The summed E-state index contributed by atoms with van der Waals surface area (Å²) in [5, 5.41) is 8.08. The molecule has 0 aliphatic carbocycles. The lowest BCUT2D eigenvalue weighted by Crippen LogP contribution is -2.09. The smallest absolute Gasteiger partial charge is 0.109 e. The minimum absolute atomic E-state index is 0.313. The predicted octanol–water partition coefficient (Wildman–Crippen LogP) is 2.49. The van der Waals surface area contributed by atoms with Crippen molar-refractivity contribution in [2.24, 2.45) is 0 Å². The van der Waals surface area contributed by atoms with Gasteiger partial charge in [-0.3, -0.25) is 0 Å². The maximum atomic E-state index is 12.2. The second-order valence-electron chi connectivity index (χ2n) is 4.08. The monoisotopic (exact) mass is 199 g/mol. The molecule has 3 nitrogen and oxygen atoms in total. The number of hydrogen-bond acceptors (Lipinski definition) is 2. The molecule has 0 bridgehead atoms. The average molecular weight is 199 g/mol. The summed E-state index contributed by atoms with van der Waals surface area (Å²) in [7, 11) is 0. The van der Waals surface area contributed by atoms with Crippen molar-refractivity contribution in [3.63, 3.8) is 0 Å². The van der Waals surface area contributed by atoms with Crippen molar-refractivity contribution in [2.45, 2.75) is 46.1 Å². The van der Waals surface area contributed by atoms with Crippen molar-refractivity contribution in [1.82, 2.24) is 15.0 Å². The van der Waals surface area contributed by atoms with E-state index >= 15 is 0 Å². The van der Waals surface area contributed by atoms with Crippen LogP contribution in [0.3, 0.4) is 0 Å². The van der Waals surface area contributed by atoms with Crippen molar-refractivity contribution in [2.75, 3.05) is 6.67 Å². The lowest BCUT2D eigenvalue weighted by molar-refractivity contribution is 0.412. The van der Waals surface area contributed by atoms with E-state index in [4.69, 9.17) is 0 Å². The SMILES string of the molecule is CC(C)c1nnn(CCF)c1C(C)C. The fourth-order valence-electron chi connectivity index (χ4n) is 1.58. The summed E-state index contributed by atoms with van der Waals surface area (Å²) in [6, 6.07) is 0. The van der Waals surface area contributed by atoms with Gasteiger partial charge in [-0.15, -0.1) is 5.10 Å². The Balaban J connectivity index is 3.07. The number of nitrogens with zero attached hydrogens (tertiary/aromatic N) is 3. The second-order valence-corrected chi connectivity index (χ2v) is 4.08. The molecule has 0 aliphatic rings. The van der Waals surface area contributed by atoms with E-state index in [2.05, 4.69) is 38.0 Å². The lowest BCUT2D eigenvalue weighted by atomic mass is 10.0. The lowest BCUT2D eigenvalue weighted by Gasteiger charge is -2.11. The van der Waals surface area contributed by atoms with Crippen molar-refractivity contribution < 1.29 is 4.39 Å². The summed E-state index contributed by atoms with van der Waals surface area (Å²) in [4.78, 5) is 0. The number of hydrogen-bond donors (Lipinski definition) is 0. The van der Waals surface area contributed by atoms with Gasteiger partial charge in [0.2, 0.25) is 0 Å². The van der Waals surface area contributed by atoms with Crippen LogP contribution in [0.15, 0.2) is 0 Å². The van der Waals surface area contributed by atoms with Crippen molar-refractivity contribution in [1.29, 1.82) is 0 Å². The van der Waals surface area contributed by atoms with Crippen LogP contribution in [0, 0.1) is 0 Å². The highest BCUT2D eigenvalue weighted by Gasteiger charge is 2.17. The topological polar surface area (TPSA) is 30.7 Å². The Morgan fingerprint density at radius 3 is 2.29 bits per heavy atom. The third kappa shape index (κ3) is 2.11. The molecule has 0 N–H and O–H groups in total. The largest absolute Gasteiger partial charge is 0.249 e. The molecule has 0 spiro atoms. The minimum Gasteiger partial charge on any atom is -0.249 e. The van der Waals surface area contributed by atoms with Crippen LogP contribution in [0.4, 0.5) is 4.39 Å². The molecule has 0 atom stereocenters. The quantitative estimate of drug-likeness (QED) is 0.746. The zero-order valence-corrected chi connectivity index (χ0v) is 9.29. The Labute approximate surface area is 84.3 Å². The molecule has 14 heavy (non-hydrogen) atoms. The molecule has 4 heteroatoms. The molecule has 80 valence electrons. The van der Waals surface area contributed by atoms with Crippen molar-refractivity contribution in [3.8, 4) is 0 Å². The van der Waals surface area contributed by atoms with Gasteiger partial charge < -0.3 is 0 Å². The van der Waals surface area contributed by atoms with E-state index in [1.165, 1.54) is 0 Å². The van der Waals surface area contributed by atoms with Crippen LogP contribution < -0.4 is 0 Å². The van der Waals surface area contributed by atoms with Crippen LogP contribution in [0.5, 0.6) is 0 Å². The molecule has 0 saturated heterocycles. The third-order valence-electron chi connectivity index (χ3n) is 2.19. The number of rotatable bonds is 4. The van der Waals surface area contributed by atoms with E-state index in [-0.39, 0.29) is 6.67 Å². The Hall–Kier alpha value is -0.930. The van der Waals surface area contributed by atoms with Gasteiger partial charge in [-0.1, -0.05) is 32.9 Å². The number of aryl methyl sites for hydroxylation is 1. The molecule has 1 heterocycles. The standard InChI is InChI=1S/C10H18FN3/c1-7(2)9-10(8(3)4)14(6-5-11)13-12-9/h7-8H,5-6H2,1-4H3. The summed E-state index contributed by atoms with van der Waals surface area (Å²) in [6.45, 7) is 8.25. The van der Waals surface area contributed by atoms with Crippen LogP contribution in [0.2, 0.25) is 0 Å². The summed E-state index contributed by atoms with van der Waals surface area (Å²) in [5.74, 6) is 0.690. The molecule has 0 aliphatic heterocycles.